The lowest BCUT2D eigenvalue weighted by Crippen LogP contribution is -2.54. The van der Waals surface area contributed by atoms with Crippen molar-refractivity contribution in [3.8, 4) is 0 Å². The highest BCUT2D eigenvalue weighted by Crippen LogP contribution is 2.18. The van der Waals surface area contributed by atoms with Crippen LogP contribution in [0.4, 0.5) is 0 Å². The van der Waals surface area contributed by atoms with E-state index in [-0.39, 0.29) is 30.6 Å². The van der Waals surface area contributed by atoms with Gasteiger partial charge in [0, 0.05) is 5.56 Å². The first kappa shape index (κ1) is 22.5. The highest BCUT2D eigenvalue weighted by atomic mass is 16.5. The third-order valence-corrected chi connectivity index (χ3v) is 5.26. The number of hydrogen-bond donors (Lipinski definition) is 3. The Bertz CT molecular complexity index is 750. The quantitative estimate of drug-likeness (QED) is 0.562. The van der Waals surface area contributed by atoms with Gasteiger partial charge in [0.2, 0.25) is 11.8 Å². The number of ether oxygens (including phenoxy) is 1. The normalized spacial score (nSPS) is 20.9. The van der Waals surface area contributed by atoms with Crippen molar-refractivity contribution in [3.63, 3.8) is 0 Å². The first-order valence-electron chi connectivity index (χ1n) is 9.78. The highest BCUT2D eigenvalue weighted by Gasteiger charge is 2.39. The van der Waals surface area contributed by atoms with Gasteiger partial charge in [0.05, 0.1) is 12.5 Å². The van der Waals surface area contributed by atoms with E-state index in [1.165, 1.54) is 0 Å². The molecule has 3 amide bonds. The Morgan fingerprint density at radius 2 is 1.83 bits per heavy atom. The number of nitrogens with two attached hydrogens (primary N) is 1. The summed E-state index contributed by atoms with van der Waals surface area (Å²) in [6.07, 6.45) is -0.554. The molecular weight excluding hydrogens is 374 g/mol. The fourth-order valence-electron chi connectivity index (χ4n) is 3.09. The maximum absolute atomic E-state index is 13.0. The Balaban J connectivity index is 2.14. The van der Waals surface area contributed by atoms with Gasteiger partial charge in [0.15, 0.2) is 5.78 Å². The van der Waals surface area contributed by atoms with E-state index in [9.17, 15) is 19.2 Å². The van der Waals surface area contributed by atoms with E-state index in [1.54, 1.807) is 30.3 Å². The Kier molecular flexibility index (Phi) is 7.90. The van der Waals surface area contributed by atoms with Crippen molar-refractivity contribution in [2.45, 2.75) is 51.8 Å². The SMILES string of the molecule is CC(C)C(C)C[C@H](NC(=O)c1ccccc1)C(=O)NC1C(=O)COC1CC(N)=O. The van der Waals surface area contributed by atoms with Crippen LogP contribution in [0.25, 0.3) is 0 Å². The summed E-state index contributed by atoms with van der Waals surface area (Å²) >= 11 is 0. The van der Waals surface area contributed by atoms with Gasteiger partial charge < -0.3 is 21.1 Å². The lowest BCUT2D eigenvalue weighted by Gasteiger charge is -2.26. The minimum absolute atomic E-state index is 0.152. The number of Topliss-reactive ketones (excluding diaryl/α,β-unsaturated/α-hetero) is 1. The first-order chi connectivity index (χ1) is 13.7. The summed E-state index contributed by atoms with van der Waals surface area (Å²) in [6.45, 7) is 5.89. The van der Waals surface area contributed by atoms with Crippen LogP contribution in [-0.4, -0.2) is 48.3 Å². The molecule has 0 saturated carbocycles. The molecule has 0 aliphatic carbocycles. The average Bonchev–Trinajstić information content (AvgIpc) is 3.00. The summed E-state index contributed by atoms with van der Waals surface area (Å²) in [5, 5.41) is 5.42. The van der Waals surface area contributed by atoms with Crippen molar-refractivity contribution in [2.75, 3.05) is 6.61 Å². The maximum atomic E-state index is 13.0. The molecule has 8 heteroatoms. The molecule has 3 unspecified atom stereocenters. The predicted octanol–water partition coefficient (Wildman–Crippen LogP) is 0.795. The van der Waals surface area contributed by atoms with E-state index in [2.05, 4.69) is 10.6 Å². The molecule has 2 rings (SSSR count). The molecule has 0 bridgehead atoms. The molecule has 1 aromatic carbocycles. The fraction of sp³-hybridized carbons (Fsp3) is 0.524. The molecule has 1 aliphatic heterocycles. The summed E-state index contributed by atoms with van der Waals surface area (Å²) < 4.78 is 5.29. The third-order valence-electron chi connectivity index (χ3n) is 5.26. The number of nitrogens with one attached hydrogen (secondary N) is 2. The monoisotopic (exact) mass is 403 g/mol. The molecule has 4 N–H and O–H groups in total. The highest BCUT2D eigenvalue weighted by molar-refractivity contribution is 5.99. The lowest BCUT2D eigenvalue weighted by molar-refractivity contribution is -0.128. The fourth-order valence-corrected chi connectivity index (χ4v) is 3.09. The maximum Gasteiger partial charge on any atom is 0.251 e. The van der Waals surface area contributed by atoms with E-state index in [0.717, 1.165) is 0 Å². The number of carbonyl (C=O) groups is 4. The molecule has 0 radical (unpaired) electrons. The molecule has 1 heterocycles. The average molecular weight is 403 g/mol. The van der Waals surface area contributed by atoms with Crippen LogP contribution in [0.1, 0.15) is 44.0 Å². The molecule has 1 fully saturated rings. The smallest absolute Gasteiger partial charge is 0.251 e. The Morgan fingerprint density at radius 1 is 1.17 bits per heavy atom. The second-order valence-electron chi connectivity index (χ2n) is 7.82. The van der Waals surface area contributed by atoms with Crippen LogP contribution in [0.3, 0.4) is 0 Å². The molecule has 1 saturated heterocycles. The summed E-state index contributed by atoms with van der Waals surface area (Å²) in [6, 6.07) is 6.81. The van der Waals surface area contributed by atoms with Gasteiger partial charge in [-0.25, -0.2) is 0 Å². The van der Waals surface area contributed by atoms with Crippen LogP contribution < -0.4 is 16.4 Å². The molecule has 0 spiro atoms. The summed E-state index contributed by atoms with van der Waals surface area (Å²) in [5.41, 5.74) is 5.64. The van der Waals surface area contributed by atoms with Gasteiger partial charge in [-0.2, -0.15) is 0 Å². The Labute approximate surface area is 170 Å². The lowest BCUT2D eigenvalue weighted by atomic mass is 9.90. The van der Waals surface area contributed by atoms with Gasteiger partial charge in [0.1, 0.15) is 18.7 Å². The Morgan fingerprint density at radius 3 is 2.41 bits per heavy atom. The molecular formula is C21H29N3O5. The zero-order valence-electron chi connectivity index (χ0n) is 17.0. The molecule has 1 aromatic rings. The second-order valence-corrected chi connectivity index (χ2v) is 7.82. The summed E-state index contributed by atoms with van der Waals surface area (Å²) in [5.74, 6) is -1.35. The van der Waals surface area contributed by atoms with Crippen LogP contribution in [-0.2, 0) is 19.1 Å². The number of ketones is 1. The second kappa shape index (κ2) is 10.2. The number of rotatable bonds is 9. The molecule has 1 aliphatic rings. The number of hydrogen-bond acceptors (Lipinski definition) is 5. The van der Waals surface area contributed by atoms with E-state index in [0.29, 0.717) is 17.9 Å². The van der Waals surface area contributed by atoms with Crippen molar-refractivity contribution < 1.29 is 23.9 Å². The molecule has 158 valence electrons. The predicted molar refractivity (Wildman–Crippen MR) is 107 cm³/mol. The van der Waals surface area contributed by atoms with E-state index < -0.39 is 30.0 Å². The van der Waals surface area contributed by atoms with Gasteiger partial charge in [-0.1, -0.05) is 39.0 Å². The zero-order valence-corrected chi connectivity index (χ0v) is 17.0. The van der Waals surface area contributed by atoms with Gasteiger partial charge >= 0.3 is 0 Å². The number of amides is 3. The zero-order chi connectivity index (χ0) is 21.6. The summed E-state index contributed by atoms with van der Waals surface area (Å²) in [7, 11) is 0. The van der Waals surface area contributed by atoms with E-state index in [1.807, 2.05) is 20.8 Å². The van der Waals surface area contributed by atoms with E-state index in [4.69, 9.17) is 10.5 Å². The van der Waals surface area contributed by atoms with Crippen molar-refractivity contribution in [1.29, 1.82) is 0 Å². The Hall–Kier alpha value is -2.74. The number of benzene rings is 1. The van der Waals surface area contributed by atoms with Gasteiger partial charge in [-0.15, -0.1) is 0 Å². The van der Waals surface area contributed by atoms with E-state index >= 15 is 0 Å². The molecule has 0 aromatic heterocycles. The standard InChI is InChI=1S/C21H29N3O5/c1-12(2)13(3)9-15(23-20(27)14-7-5-4-6-8-14)21(28)24-19-16(25)11-29-17(19)10-18(22)26/h4-8,12-13,15,17,19H,9-11H2,1-3H3,(H2,22,26)(H,23,27)(H,24,28)/t13?,15-,17?,19?/m0/s1. The number of primary amides is 1. The van der Waals surface area contributed by atoms with Gasteiger partial charge in [-0.05, 0) is 30.4 Å². The van der Waals surface area contributed by atoms with Crippen molar-refractivity contribution in [2.24, 2.45) is 17.6 Å². The van der Waals surface area contributed by atoms with Crippen molar-refractivity contribution in [3.05, 3.63) is 35.9 Å². The third kappa shape index (κ3) is 6.39. The topological polar surface area (TPSA) is 128 Å². The molecule has 8 nitrogen and oxygen atoms in total. The van der Waals surface area contributed by atoms with Crippen LogP contribution in [0.15, 0.2) is 30.3 Å². The molecule has 29 heavy (non-hydrogen) atoms. The van der Waals surface area contributed by atoms with Crippen molar-refractivity contribution >= 4 is 23.5 Å². The van der Waals surface area contributed by atoms with Crippen LogP contribution in [0.2, 0.25) is 0 Å². The first-order valence-corrected chi connectivity index (χ1v) is 9.78. The minimum Gasteiger partial charge on any atom is -0.370 e. The van der Waals surface area contributed by atoms with Crippen LogP contribution >= 0.6 is 0 Å². The largest absolute Gasteiger partial charge is 0.370 e. The summed E-state index contributed by atoms with van der Waals surface area (Å²) in [4.78, 5) is 48.9. The van der Waals surface area contributed by atoms with Crippen LogP contribution in [0, 0.1) is 11.8 Å². The van der Waals surface area contributed by atoms with Crippen LogP contribution in [0.5, 0.6) is 0 Å². The van der Waals surface area contributed by atoms with Gasteiger partial charge in [-0.3, -0.25) is 19.2 Å². The number of carbonyl (C=O) groups excluding carboxylic acids is 4. The van der Waals surface area contributed by atoms with Crippen molar-refractivity contribution in [1.82, 2.24) is 10.6 Å². The van der Waals surface area contributed by atoms with Gasteiger partial charge in [0.25, 0.3) is 5.91 Å². The molecule has 4 atom stereocenters. The minimum atomic E-state index is -0.958.